The fraction of sp³-hybridized carbons (Fsp3) is 0.278. The fourth-order valence-electron chi connectivity index (χ4n) is 2.75. The van der Waals surface area contributed by atoms with Crippen LogP contribution in [-0.4, -0.2) is 9.78 Å². The first-order valence-electron chi connectivity index (χ1n) is 7.52. The van der Waals surface area contributed by atoms with Crippen LogP contribution < -0.4 is 5.73 Å². The standard InChI is InChI=1S/C18H21N3/c1-2-10-21-13-16(12-20-21)18(19)11-15-8-5-7-14-6-3-4-9-17(14)15/h3-9,12-13,18H,2,10-11,19H2,1H3. The summed E-state index contributed by atoms with van der Waals surface area (Å²) in [6.45, 7) is 3.10. The lowest BCUT2D eigenvalue weighted by molar-refractivity contribution is 0.601. The lowest BCUT2D eigenvalue weighted by Gasteiger charge is -2.12. The Morgan fingerprint density at radius 2 is 1.95 bits per heavy atom. The van der Waals surface area contributed by atoms with Crippen LogP contribution in [0, 0.1) is 0 Å². The minimum atomic E-state index is -0.0126. The molecule has 2 N–H and O–H groups in total. The highest BCUT2D eigenvalue weighted by atomic mass is 15.3. The van der Waals surface area contributed by atoms with Crippen LogP contribution in [0.3, 0.4) is 0 Å². The number of benzene rings is 2. The zero-order valence-electron chi connectivity index (χ0n) is 12.4. The molecule has 1 atom stereocenters. The van der Waals surface area contributed by atoms with Crippen LogP contribution in [0.15, 0.2) is 54.9 Å². The molecule has 3 aromatic rings. The number of nitrogens with two attached hydrogens (primary N) is 1. The Balaban J connectivity index is 1.83. The molecule has 1 heterocycles. The van der Waals surface area contributed by atoms with Crippen LogP contribution in [0.2, 0.25) is 0 Å². The Hall–Kier alpha value is -2.13. The topological polar surface area (TPSA) is 43.8 Å². The summed E-state index contributed by atoms with van der Waals surface area (Å²) in [5.74, 6) is 0. The first-order chi connectivity index (χ1) is 10.3. The van der Waals surface area contributed by atoms with Gasteiger partial charge >= 0.3 is 0 Å². The van der Waals surface area contributed by atoms with Crippen LogP contribution in [0.1, 0.15) is 30.5 Å². The summed E-state index contributed by atoms with van der Waals surface area (Å²) in [5, 5.41) is 6.92. The van der Waals surface area contributed by atoms with Crippen LogP contribution >= 0.6 is 0 Å². The van der Waals surface area contributed by atoms with Crippen molar-refractivity contribution in [1.29, 1.82) is 0 Å². The van der Waals surface area contributed by atoms with Gasteiger partial charge < -0.3 is 5.73 Å². The van der Waals surface area contributed by atoms with Crippen molar-refractivity contribution >= 4 is 10.8 Å². The monoisotopic (exact) mass is 279 g/mol. The molecule has 3 nitrogen and oxygen atoms in total. The SMILES string of the molecule is CCCn1cc(C(N)Cc2cccc3ccccc23)cn1. The van der Waals surface area contributed by atoms with Gasteiger partial charge in [0.25, 0.3) is 0 Å². The van der Waals surface area contributed by atoms with Crippen molar-refractivity contribution < 1.29 is 0 Å². The second-order valence-electron chi connectivity index (χ2n) is 5.49. The average Bonchev–Trinajstić information content (AvgIpc) is 2.97. The van der Waals surface area contributed by atoms with Crippen LogP contribution in [0.25, 0.3) is 10.8 Å². The highest BCUT2D eigenvalue weighted by molar-refractivity contribution is 5.85. The Morgan fingerprint density at radius 1 is 1.14 bits per heavy atom. The molecular weight excluding hydrogens is 258 g/mol. The molecule has 0 amide bonds. The average molecular weight is 279 g/mol. The normalized spacial score (nSPS) is 12.7. The molecule has 0 bridgehead atoms. The Labute approximate surface area is 125 Å². The van der Waals surface area contributed by atoms with Gasteiger partial charge in [-0.1, -0.05) is 49.4 Å². The Bertz CT molecular complexity index is 725. The maximum Gasteiger partial charge on any atom is 0.0537 e. The van der Waals surface area contributed by atoms with E-state index < -0.39 is 0 Å². The summed E-state index contributed by atoms with van der Waals surface area (Å²) in [6, 6.07) is 14.9. The number of hydrogen-bond donors (Lipinski definition) is 1. The summed E-state index contributed by atoms with van der Waals surface area (Å²) < 4.78 is 1.97. The number of nitrogens with zero attached hydrogens (tertiary/aromatic N) is 2. The zero-order chi connectivity index (χ0) is 14.7. The molecule has 0 aliphatic carbocycles. The molecule has 0 aliphatic rings. The number of aromatic nitrogens is 2. The number of hydrogen-bond acceptors (Lipinski definition) is 2. The molecule has 0 spiro atoms. The van der Waals surface area contributed by atoms with Crippen molar-refractivity contribution in [3.8, 4) is 0 Å². The van der Waals surface area contributed by atoms with E-state index in [0.717, 1.165) is 24.9 Å². The molecule has 108 valence electrons. The maximum absolute atomic E-state index is 6.37. The third-order valence-corrected chi connectivity index (χ3v) is 3.85. The molecule has 1 aromatic heterocycles. The summed E-state index contributed by atoms with van der Waals surface area (Å²) in [7, 11) is 0. The predicted molar refractivity (Wildman–Crippen MR) is 87.1 cm³/mol. The minimum absolute atomic E-state index is 0.0126. The van der Waals surface area contributed by atoms with E-state index in [1.807, 2.05) is 10.9 Å². The molecule has 0 saturated carbocycles. The quantitative estimate of drug-likeness (QED) is 0.774. The van der Waals surface area contributed by atoms with E-state index >= 15 is 0 Å². The van der Waals surface area contributed by atoms with E-state index in [1.54, 1.807) is 0 Å². The summed E-state index contributed by atoms with van der Waals surface area (Å²) in [5.41, 5.74) is 8.78. The second kappa shape index (κ2) is 6.10. The van der Waals surface area contributed by atoms with Crippen molar-refractivity contribution in [2.45, 2.75) is 32.4 Å². The smallest absolute Gasteiger partial charge is 0.0537 e. The van der Waals surface area contributed by atoms with Crippen molar-refractivity contribution in [1.82, 2.24) is 9.78 Å². The third-order valence-electron chi connectivity index (χ3n) is 3.85. The predicted octanol–water partition coefficient (Wildman–Crippen LogP) is 3.69. The van der Waals surface area contributed by atoms with E-state index in [0.29, 0.717) is 0 Å². The number of aryl methyl sites for hydroxylation is 1. The van der Waals surface area contributed by atoms with Crippen LogP contribution in [-0.2, 0) is 13.0 Å². The van der Waals surface area contributed by atoms with Gasteiger partial charge in [0.15, 0.2) is 0 Å². The van der Waals surface area contributed by atoms with Gasteiger partial charge in [-0.05, 0) is 29.2 Å². The van der Waals surface area contributed by atoms with E-state index in [4.69, 9.17) is 5.73 Å². The molecule has 3 heteroatoms. The molecule has 0 radical (unpaired) electrons. The Kier molecular flexibility index (Phi) is 4.02. The van der Waals surface area contributed by atoms with Gasteiger partial charge in [0.2, 0.25) is 0 Å². The number of fused-ring (bicyclic) bond motifs is 1. The van der Waals surface area contributed by atoms with Gasteiger partial charge in [-0.15, -0.1) is 0 Å². The lowest BCUT2D eigenvalue weighted by Crippen LogP contribution is -2.13. The highest BCUT2D eigenvalue weighted by Crippen LogP contribution is 2.23. The van der Waals surface area contributed by atoms with Crippen LogP contribution in [0.5, 0.6) is 0 Å². The molecule has 0 saturated heterocycles. The van der Waals surface area contributed by atoms with E-state index in [1.165, 1.54) is 16.3 Å². The van der Waals surface area contributed by atoms with Crippen molar-refractivity contribution in [3.05, 3.63) is 66.0 Å². The molecule has 0 fully saturated rings. The minimum Gasteiger partial charge on any atom is -0.324 e. The van der Waals surface area contributed by atoms with Gasteiger partial charge in [-0.2, -0.15) is 5.10 Å². The van der Waals surface area contributed by atoms with Gasteiger partial charge in [0, 0.05) is 24.3 Å². The van der Waals surface area contributed by atoms with E-state index in [-0.39, 0.29) is 6.04 Å². The Morgan fingerprint density at radius 3 is 2.81 bits per heavy atom. The van der Waals surface area contributed by atoms with Crippen LogP contribution in [0.4, 0.5) is 0 Å². The highest BCUT2D eigenvalue weighted by Gasteiger charge is 2.11. The molecule has 1 unspecified atom stereocenters. The molecule has 0 aliphatic heterocycles. The fourth-order valence-corrected chi connectivity index (χ4v) is 2.75. The first-order valence-corrected chi connectivity index (χ1v) is 7.52. The molecule has 21 heavy (non-hydrogen) atoms. The van der Waals surface area contributed by atoms with Gasteiger partial charge in [0.05, 0.1) is 6.20 Å². The second-order valence-corrected chi connectivity index (χ2v) is 5.49. The number of rotatable bonds is 5. The summed E-state index contributed by atoms with van der Waals surface area (Å²) in [4.78, 5) is 0. The van der Waals surface area contributed by atoms with Gasteiger partial charge in [0.1, 0.15) is 0 Å². The van der Waals surface area contributed by atoms with E-state index in [2.05, 4.69) is 60.7 Å². The van der Waals surface area contributed by atoms with Crippen molar-refractivity contribution in [2.24, 2.45) is 5.73 Å². The van der Waals surface area contributed by atoms with Crippen molar-refractivity contribution in [3.63, 3.8) is 0 Å². The first kappa shape index (κ1) is 13.8. The third kappa shape index (κ3) is 2.98. The molecule has 2 aromatic carbocycles. The summed E-state index contributed by atoms with van der Waals surface area (Å²) in [6.07, 6.45) is 5.88. The maximum atomic E-state index is 6.37. The summed E-state index contributed by atoms with van der Waals surface area (Å²) >= 11 is 0. The molecular formula is C18H21N3. The largest absolute Gasteiger partial charge is 0.324 e. The van der Waals surface area contributed by atoms with E-state index in [9.17, 15) is 0 Å². The van der Waals surface area contributed by atoms with Gasteiger partial charge in [-0.3, -0.25) is 4.68 Å². The van der Waals surface area contributed by atoms with Crippen molar-refractivity contribution in [2.75, 3.05) is 0 Å². The van der Waals surface area contributed by atoms with Gasteiger partial charge in [-0.25, -0.2) is 0 Å². The lowest BCUT2D eigenvalue weighted by atomic mass is 9.97. The zero-order valence-corrected chi connectivity index (χ0v) is 12.4. The molecule has 3 rings (SSSR count).